The first kappa shape index (κ1) is 42.5. The molecule has 9 rings (SSSR count). The fourth-order valence-corrected chi connectivity index (χ4v) is 9.14. The van der Waals surface area contributed by atoms with Gasteiger partial charge in [-0.25, -0.2) is 9.97 Å². The number of aryl methyl sites for hydroxylation is 2. The monoisotopic (exact) mass is 863 g/mol. The average Bonchev–Trinajstić information content (AvgIpc) is 3.73. The molecule has 2 aliphatic rings. The van der Waals surface area contributed by atoms with E-state index in [1.807, 2.05) is 72.7 Å². The number of pyridine rings is 2. The number of carbonyl (C=O) groups is 2. The molecule has 2 fully saturated rings. The summed E-state index contributed by atoms with van der Waals surface area (Å²) in [5.41, 5.74) is 9.49. The van der Waals surface area contributed by atoms with E-state index in [0.717, 1.165) is 95.8 Å². The van der Waals surface area contributed by atoms with Crippen LogP contribution in [-0.2, 0) is 6.18 Å². The van der Waals surface area contributed by atoms with E-state index in [2.05, 4.69) is 56.5 Å². The quantitative estimate of drug-likeness (QED) is 0.117. The van der Waals surface area contributed by atoms with Crippen molar-refractivity contribution >= 4 is 28.5 Å². The normalized spacial score (nSPS) is 17.1. The number of hydrogen-bond acceptors (Lipinski definition) is 8. The molecule has 2 amide bonds. The van der Waals surface area contributed by atoms with Gasteiger partial charge in [0.05, 0.1) is 34.7 Å². The highest BCUT2D eigenvalue weighted by molar-refractivity contribution is 6.05. The Hall–Kier alpha value is -6.77. The number of rotatable bonds is 11. The van der Waals surface area contributed by atoms with E-state index in [1.54, 1.807) is 12.1 Å². The summed E-state index contributed by atoms with van der Waals surface area (Å²) >= 11 is 0. The second-order valence-corrected chi connectivity index (χ2v) is 16.7. The van der Waals surface area contributed by atoms with Gasteiger partial charge in [0.15, 0.2) is 0 Å². The number of H-pyrrole nitrogens is 1. The largest absolute Gasteiger partial charge is 0.416 e. The van der Waals surface area contributed by atoms with Crippen LogP contribution < -0.4 is 10.6 Å². The number of benzene rings is 3. The van der Waals surface area contributed by atoms with Crippen molar-refractivity contribution in [3.8, 4) is 22.5 Å². The molecular formula is C50H48F3N9O2. The van der Waals surface area contributed by atoms with Crippen LogP contribution in [-0.4, -0.2) is 78.8 Å². The van der Waals surface area contributed by atoms with Gasteiger partial charge in [-0.3, -0.25) is 24.5 Å². The van der Waals surface area contributed by atoms with Crippen LogP contribution in [0.3, 0.4) is 0 Å². The Labute approximate surface area is 369 Å². The number of likely N-dealkylation sites (tertiary alicyclic amines) is 2. The molecule has 0 spiro atoms. The van der Waals surface area contributed by atoms with Crippen molar-refractivity contribution in [2.75, 3.05) is 31.5 Å². The lowest BCUT2D eigenvalue weighted by molar-refractivity contribution is -0.137. The Morgan fingerprint density at radius 3 is 2.08 bits per heavy atom. The Bertz CT molecular complexity index is 2770. The molecule has 0 bridgehead atoms. The smallest absolute Gasteiger partial charge is 0.339 e. The molecule has 326 valence electrons. The zero-order valence-corrected chi connectivity index (χ0v) is 35.8. The summed E-state index contributed by atoms with van der Waals surface area (Å²) in [6.45, 7) is 9.03. The summed E-state index contributed by atoms with van der Waals surface area (Å²) in [4.78, 5) is 53.2. The van der Waals surface area contributed by atoms with Crippen LogP contribution in [0.5, 0.6) is 0 Å². The lowest BCUT2D eigenvalue weighted by Gasteiger charge is -2.44. The van der Waals surface area contributed by atoms with Gasteiger partial charge in [0.2, 0.25) is 0 Å². The SMILES string of the molecule is Cc1cccnc1[C@H]1CCC[C@@H](c2ncccc2C)N1CCNC1CN(C(=O)c2ccc(-c3cc4c(-c5cccc(NC(=O)c6ccc(C(F)(F)F)cc6)c5C)ncnc4[nH]3)cc2)C1. The number of hydrogen-bond donors (Lipinski definition) is 3. The van der Waals surface area contributed by atoms with Crippen molar-refractivity contribution in [3.63, 3.8) is 0 Å². The van der Waals surface area contributed by atoms with Crippen LogP contribution >= 0.6 is 0 Å². The predicted molar refractivity (Wildman–Crippen MR) is 241 cm³/mol. The maximum atomic E-state index is 13.6. The summed E-state index contributed by atoms with van der Waals surface area (Å²) in [6, 6.07) is 27.9. The Morgan fingerprint density at radius 1 is 0.781 bits per heavy atom. The van der Waals surface area contributed by atoms with Gasteiger partial charge in [0.1, 0.15) is 12.0 Å². The molecule has 0 aliphatic carbocycles. The number of alkyl halides is 3. The highest BCUT2D eigenvalue weighted by Gasteiger charge is 2.36. The molecule has 0 saturated carbocycles. The zero-order chi connectivity index (χ0) is 44.5. The molecule has 4 aromatic heterocycles. The van der Waals surface area contributed by atoms with Crippen molar-refractivity contribution < 1.29 is 22.8 Å². The zero-order valence-electron chi connectivity index (χ0n) is 35.8. The van der Waals surface area contributed by atoms with Crippen molar-refractivity contribution in [2.45, 2.75) is 64.3 Å². The van der Waals surface area contributed by atoms with Crippen LogP contribution in [0.4, 0.5) is 18.9 Å². The van der Waals surface area contributed by atoms with Gasteiger partial charge in [-0.05, 0) is 123 Å². The number of aromatic amines is 1. The molecular weight excluding hydrogens is 816 g/mol. The van der Waals surface area contributed by atoms with Crippen molar-refractivity contribution in [2.24, 2.45) is 0 Å². The maximum absolute atomic E-state index is 13.6. The van der Waals surface area contributed by atoms with E-state index in [-0.39, 0.29) is 29.6 Å². The molecule has 11 nitrogen and oxygen atoms in total. The number of amides is 2. The minimum atomic E-state index is -4.49. The Morgan fingerprint density at radius 2 is 1.44 bits per heavy atom. The van der Waals surface area contributed by atoms with Gasteiger partial charge in [-0.2, -0.15) is 13.2 Å². The van der Waals surface area contributed by atoms with Crippen LogP contribution in [0.2, 0.25) is 0 Å². The molecule has 2 saturated heterocycles. The van der Waals surface area contributed by atoms with E-state index in [0.29, 0.717) is 35.7 Å². The lowest BCUT2D eigenvalue weighted by atomic mass is 9.89. The molecule has 14 heteroatoms. The van der Waals surface area contributed by atoms with Gasteiger partial charge in [0.25, 0.3) is 11.8 Å². The number of nitrogens with zero attached hydrogens (tertiary/aromatic N) is 6. The van der Waals surface area contributed by atoms with Gasteiger partial charge in [-0.15, -0.1) is 0 Å². The lowest BCUT2D eigenvalue weighted by Crippen LogP contribution is -2.60. The third-order valence-electron chi connectivity index (χ3n) is 12.6. The topological polar surface area (TPSA) is 132 Å². The van der Waals surface area contributed by atoms with Gasteiger partial charge < -0.3 is 20.5 Å². The standard InChI is InChI=1S/C50H48F3N9O2/c1-30-8-6-22-55-44(30)42-12-5-13-43(45-31(2)9-7-23-56-45)62(42)25-24-54-37-27-61(28-37)49(64)35-16-14-33(15-17-35)41-26-39-46(57-29-58-47(39)59-41)38-10-4-11-40(32(38)3)60-48(63)34-18-20-36(21-19-34)50(51,52)53/h4,6-11,14-23,26,29,37,42-43,54H,5,12-13,24-25,27-28H2,1-3H3,(H,60,63)(H,57,58,59)/t42-,43+. The number of aromatic nitrogens is 5. The molecule has 0 unspecified atom stereocenters. The first-order valence-corrected chi connectivity index (χ1v) is 21.6. The number of fused-ring (bicyclic) bond motifs is 1. The summed E-state index contributed by atoms with van der Waals surface area (Å²) in [7, 11) is 0. The van der Waals surface area contributed by atoms with E-state index in [9.17, 15) is 22.8 Å². The van der Waals surface area contributed by atoms with E-state index in [4.69, 9.17) is 9.97 Å². The average molecular weight is 864 g/mol. The summed E-state index contributed by atoms with van der Waals surface area (Å²) < 4.78 is 39.2. The first-order valence-electron chi connectivity index (χ1n) is 21.6. The predicted octanol–water partition coefficient (Wildman–Crippen LogP) is 9.66. The Kier molecular flexibility index (Phi) is 11.8. The third-order valence-corrected chi connectivity index (χ3v) is 12.6. The number of piperidine rings is 1. The molecule has 3 N–H and O–H groups in total. The molecule has 3 aromatic carbocycles. The van der Waals surface area contributed by atoms with Gasteiger partial charge >= 0.3 is 6.18 Å². The minimum Gasteiger partial charge on any atom is -0.339 e. The van der Waals surface area contributed by atoms with Crippen LogP contribution in [0.1, 0.15) is 85.7 Å². The highest BCUT2D eigenvalue weighted by Crippen LogP contribution is 2.42. The van der Waals surface area contributed by atoms with Crippen LogP contribution in [0.15, 0.2) is 116 Å². The van der Waals surface area contributed by atoms with Crippen LogP contribution in [0.25, 0.3) is 33.5 Å². The number of carbonyl (C=O) groups excluding carboxylic acids is 2. The number of nitrogens with one attached hydrogen (secondary N) is 3. The molecule has 64 heavy (non-hydrogen) atoms. The van der Waals surface area contributed by atoms with Gasteiger partial charge in [-0.1, -0.05) is 36.4 Å². The van der Waals surface area contributed by atoms with Crippen molar-refractivity contribution in [1.82, 2.24) is 40.0 Å². The molecule has 0 radical (unpaired) electrons. The molecule has 2 aliphatic heterocycles. The fraction of sp³-hybridized carbons (Fsp3) is 0.280. The summed E-state index contributed by atoms with van der Waals surface area (Å²) in [6.07, 6.45) is 3.98. The second-order valence-electron chi connectivity index (χ2n) is 16.7. The summed E-state index contributed by atoms with van der Waals surface area (Å²) in [5.74, 6) is -0.541. The Balaban J connectivity index is 0.831. The van der Waals surface area contributed by atoms with Crippen LogP contribution in [0, 0.1) is 20.8 Å². The minimum absolute atomic E-state index is 0.0115. The molecule has 7 aromatic rings. The second kappa shape index (κ2) is 17.8. The maximum Gasteiger partial charge on any atom is 0.416 e. The number of halogens is 3. The van der Waals surface area contributed by atoms with Crippen molar-refractivity contribution in [3.05, 3.63) is 161 Å². The van der Waals surface area contributed by atoms with E-state index in [1.165, 1.54) is 17.5 Å². The highest BCUT2D eigenvalue weighted by atomic mass is 19.4. The molecule has 2 atom stereocenters. The molecule has 6 heterocycles. The summed E-state index contributed by atoms with van der Waals surface area (Å²) in [5, 5.41) is 7.31. The number of anilines is 1. The van der Waals surface area contributed by atoms with Gasteiger partial charge in [0, 0.05) is 78.1 Å². The van der Waals surface area contributed by atoms with E-state index >= 15 is 0 Å². The van der Waals surface area contributed by atoms with Crippen molar-refractivity contribution in [1.29, 1.82) is 0 Å². The van der Waals surface area contributed by atoms with E-state index < -0.39 is 17.6 Å². The fourth-order valence-electron chi connectivity index (χ4n) is 9.14. The first-order chi connectivity index (χ1) is 30.9. The third kappa shape index (κ3) is 8.62.